The van der Waals surface area contributed by atoms with Gasteiger partial charge in [-0.3, -0.25) is 9.59 Å². The normalized spacial score (nSPS) is 29.7. The van der Waals surface area contributed by atoms with Crippen molar-refractivity contribution in [2.45, 2.75) is 58.2 Å². The summed E-state index contributed by atoms with van der Waals surface area (Å²) in [6.07, 6.45) is 2.72. The third-order valence-electron chi connectivity index (χ3n) is 4.67. The largest absolute Gasteiger partial charge is 0.340 e. The molecule has 114 valence electrons. The van der Waals surface area contributed by atoms with Gasteiger partial charge in [-0.1, -0.05) is 6.92 Å². The Kier molecular flexibility index (Phi) is 3.56. The Morgan fingerprint density at radius 2 is 2.10 bits per heavy atom. The van der Waals surface area contributed by atoms with Crippen LogP contribution < -0.4 is 5.32 Å². The standard InChI is InChI=1S/C16H22N2O2S/c1-4-13-14(19)17-16(3,11-6-7-11)15(20)18(13)9-12-8-5-10(2)21-12/h5,8,11,13H,4,6-7,9H2,1-3H3,(H,17,19). The summed E-state index contributed by atoms with van der Waals surface area (Å²) in [4.78, 5) is 29.6. The zero-order valence-electron chi connectivity index (χ0n) is 12.8. The van der Waals surface area contributed by atoms with Crippen LogP contribution in [0.2, 0.25) is 0 Å². The molecule has 0 aromatic carbocycles. The van der Waals surface area contributed by atoms with Crippen molar-refractivity contribution < 1.29 is 9.59 Å². The average Bonchev–Trinajstić information content (AvgIpc) is 3.21. The van der Waals surface area contributed by atoms with Crippen molar-refractivity contribution in [3.63, 3.8) is 0 Å². The van der Waals surface area contributed by atoms with Crippen molar-refractivity contribution >= 4 is 23.2 Å². The van der Waals surface area contributed by atoms with Gasteiger partial charge in [-0.2, -0.15) is 0 Å². The fourth-order valence-electron chi connectivity index (χ4n) is 3.24. The molecule has 3 rings (SSSR count). The van der Waals surface area contributed by atoms with E-state index in [-0.39, 0.29) is 17.9 Å². The van der Waals surface area contributed by atoms with Gasteiger partial charge in [0.15, 0.2) is 0 Å². The highest BCUT2D eigenvalue weighted by Crippen LogP contribution is 2.42. The van der Waals surface area contributed by atoms with E-state index in [0.717, 1.165) is 17.7 Å². The molecule has 1 aliphatic carbocycles. The molecule has 1 aromatic rings. The molecule has 2 atom stereocenters. The van der Waals surface area contributed by atoms with Gasteiger partial charge < -0.3 is 10.2 Å². The molecule has 2 amide bonds. The molecule has 2 unspecified atom stereocenters. The van der Waals surface area contributed by atoms with Crippen molar-refractivity contribution in [3.05, 3.63) is 21.9 Å². The molecule has 5 heteroatoms. The van der Waals surface area contributed by atoms with E-state index in [1.807, 2.05) is 13.8 Å². The zero-order chi connectivity index (χ0) is 15.2. The number of carbonyl (C=O) groups is 2. The molecule has 0 bridgehead atoms. The minimum absolute atomic E-state index is 0.000205. The van der Waals surface area contributed by atoms with Gasteiger partial charge in [0.2, 0.25) is 11.8 Å². The summed E-state index contributed by atoms with van der Waals surface area (Å²) >= 11 is 1.70. The number of piperazine rings is 1. The van der Waals surface area contributed by atoms with Crippen LogP contribution in [0.5, 0.6) is 0 Å². The van der Waals surface area contributed by atoms with Crippen LogP contribution in [-0.2, 0) is 16.1 Å². The van der Waals surface area contributed by atoms with Crippen LogP contribution in [0.4, 0.5) is 0 Å². The fourth-order valence-corrected chi connectivity index (χ4v) is 4.13. The Morgan fingerprint density at radius 3 is 2.62 bits per heavy atom. The quantitative estimate of drug-likeness (QED) is 0.929. The van der Waals surface area contributed by atoms with E-state index in [1.165, 1.54) is 4.88 Å². The second-order valence-corrected chi connectivity index (χ2v) is 7.71. The molecule has 1 N–H and O–H groups in total. The van der Waals surface area contributed by atoms with Crippen molar-refractivity contribution in [3.8, 4) is 0 Å². The van der Waals surface area contributed by atoms with Gasteiger partial charge >= 0.3 is 0 Å². The summed E-state index contributed by atoms with van der Waals surface area (Å²) in [6.45, 7) is 6.46. The summed E-state index contributed by atoms with van der Waals surface area (Å²) in [5, 5.41) is 3.00. The van der Waals surface area contributed by atoms with Gasteiger partial charge in [0.1, 0.15) is 11.6 Å². The molecule has 2 aliphatic rings. The van der Waals surface area contributed by atoms with E-state index in [1.54, 1.807) is 16.2 Å². The van der Waals surface area contributed by atoms with Crippen molar-refractivity contribution in [2.24, 2.45) is 5.92 Å². The van der Waals surface area contributed by atoms with Crippen LogP contribution >= 0.6 is 11.3 Å². The molecule has 0 spiro atoms. The van der Waals surface area contributed by atoms with E-state index in [2.05, 4.69) is 24.4 Å². The van der Waals surface area contributed by atoms with Crippen LogP contribution in [-0.4, -0.2) is 28.3 Å². The summed E-state index contributed by atoms with van der Waals surface area (Å²) in [5.41, 5.74) is -0.699. The van der Waals surface area contributed by atoms with Crippen molar-refractivity contribution in [1.29, 1.82) is 0 Å². The van der Waals surface area contributed by atoms with Crippen molar-refractivity contribution in [1.82, 2.24) is 10.2 Å². The summed E-state index contributed by atoms with van der Waals surface area (Å²) < 4.78 is 0. The minimum atomic E-state index is -0.699. The van der Waals surface area contributed by atoms with E-state index in [9.17, 15) is 9.59 Å². The van der Waals surface area contributed by atoms with Gasteiger partial charge in [-0.25, -0.2) is 0 Å². The molecular weight excluding hydrogens is 284 g/mol. The first-order valence-electron chi connectivity index (χ1n) is 7.64. The highest BCUT2D eigenvalue weighted by Gasteiger charge is 2.54. The average molecular weight is 306 g/mol. The molecule has 1 saturated heterocycles. The Bertz CT molecular complexity index is 579. The second kappa shape index (κ2) is 5.13. The number of nitrogens with one attached hydrogen (secondary N) is 1. The molecular formula is C16H22N2O2S. The van der Waals surface area contributed by atoms with E-state index >= 15 is 0 Å². The predicted octanol–water partition coefficient (Wildman–Crippen LogP) is 2.46. The maximum Gasteiger partial charge on any atom is 0.249 e. The lowest BCUT2D eigenvalue weighted by molar-refractivity contribution is -0.156. The molecule has 4 nitrogen and oxygen atoms in total. The van der Waals surface area contributed by atoms with Crippen LogP contribution in [0, 0.1) is 12.8 Å². The molecule has 21 heavy (non-hydrogen) atoms. The van der Waals surface area contributed by atoms with Gasteiger partial charge in [0.05, 0.1) is 6.54 Å². The Hall–Kier alpha value is -1.36. The smallest absolute Gasteiger partial charge is 0.249 e. The third-order valence-corrected chi connectivity index (χ3v) is 5.66. The monoisotopic (exact) mass is 306 g/mol. The molecule has 1 aromatic heterocycles. The molecule has 2 heterocycles. The fraction of sp³-hybridized carbons (Fsp3) is 0.625. The molecule has 0 radical (unpaired) electrons. The summed E-state index contributed by atoms with van der Waals surface area (Å²) in [6, 6.07) is 3.78. The topological polar surface area (TPSA) is 49.4 Å². The number of rotatable bonds is 4. The zero-order valence-corrected chi connectivity index (χ0v) is 13.6. The lowest BCUT2D eigenvalue weighted by atomic mass is 9.89. The van der Waals surface area contributed by atoms with Gasteiger partial charge in [0, 0.05) is 9.75 Å². The molecule has 1 saturated carbocycles. The first-order chi connectivity index (χ1) is 9.95. The van der Waals surface area contributed by atoms with Gasteiger partial charge in [-0.05, 0) is 51.2 Å². The first-order valence-corrected chi connectivity index (χ1v) is 8.45. The van der Waals surface area contributed by atoms with E-state index < -0.39 is 5.54 Å². The molecule has 1 aliphatic heterocycles. The number of carbonyl (C=O) groups excluding carboxylic acids is 2. The number of aryl methyl sites for hydroxylation is 1. The van der Waals surface area contributed by atoms with E-state index in [4.69, 9.17) is 0 Å². The highest BCUT2D eigenvalue weighted by atomic mass is 32.1. The predicted molar refractivity (Wildman–Crippen MR) is 83.0 cm³/mol. The highest BCUT2D eigenvalue weighted by molar-refractivity contribution is 7.11. The van der Waals surface area contributed by atoms with Gasteiger partial charge in [0.25, 0.3) is 0 Å². The first kappa shape index (κ1) is 14.6. The molecule has 2 fully saturated rings. The maximum absolute atomic E-state index is 13.0. The Morgan fingerprint density at radius 1 is 1.38 bits per heavy atom. The van der Waals surface area contributed by atoms with Crippen LogP contribution in [0.3, 0.4) is 0 Å². The second-order valence-electron chi connectivity index (χ2n) is 6.34. The maximum atomic E-state index is 13.0. The van der Waals surface area contributed by atoms with Crippen molar-refractivity contribution in [2.75, 3.05) is 0 Å². The van der Waals surface area contributed by atoms with Gasteiger partial charge in [-0.15, -0.1) is 11.3 Å². The lowest BCUT2D eigenvalue weighted by Crippen LogP contribution is -2.69. The summed E-state index contributed by atoms with van der Waals surface area (Å²) in [7, 11) is 0. The number of hydrogen-bond acceptors (Lipinski definition) is 3. The Labute approximate surface area is 129 Å². The van der Waals surface area contributed by atoms with Crippen LogP contribution in [0.25, 0.3) is 0 Å². The number of amides is 2. The Balaban J connectivity index is 1.89. The van der Waals surface area contributed by atoms with E-state index in [0.29, 0.717) is 18.9 Å². The van der Waals surface area contributed by atoms with Crippen LogP contribution in [0.1, 0.15) is 42.9 Å². The lowest BCUT2D eigenvalue weighted by Gasteiger charge is -2.44. The number of thiophene rings is 1. The van der Waals surface area contributed by atoms with Crippen LogP contribution in [0.15, 0.2) is 12.1 Å². The number of hydrogen-bond donors (Lipinski definition) is 1. The SMILES string of the molecule is CCC1C(=O)NC(C)(C2CC2)C(=O)N1Cc1ccc(C)s1. The third kappa shape index (κ3) is 2.48. The number of nitrogens with zero attached hydrogens (tertiary/aromatic N) is 1. The summed E-state index contributed by atoms with van der Waals surface area (Å²) in [5.74, 6) is 0.390. The minimum Gasteiger partial charge on any atom is -0.340 e.